The average molecular weight is 264 g/mol. The smallest absolute Gasteiger partial charge is 0.270 e. The molecule has 102 valence electrons. The highest BCUT2D eigenvalue weighted by Gasteiger charge is 2.14. The van der Waals surface area contributed by atoms with Gasteiger partial charge < -0.3 is 9.64 Å². The van der Waals surface area contributed by atoms with Crippen LogP contribution < -0.4 is 4.90 Å². The molecule has 0 aliphatic heterocycles. The Kier molecular flexibility index (Phi) is 5.69. The highest BCUT2D eigenvalue weighted by molar-refractivity contribution is 5.86. The van der Waals surface area contributed by atoms with Crippen molar-refractivity contribution in [1.82, 2.24) is 0 Å². The Morgan fingerprint density at radius 1 is 1.53 bits per heavy atom. The Hall–Kier alpha value is -2.21. The third kappa shape index (κ3) is 3.89. The van der Waals surface area contributed by atoms with E-state index in [4.69, 9.17) is 4.74 Å². The molecule has 6 heteroatoms. The summed E-state index contributed by atoms with van der Waals surface area (Å²) in [5.74, 6) is 0. The predicted octanol–water partition coefficient (Wildman–Crippen LogP) is 2.05. The Bertz CT molecular complexity index is 474. The van der Waals surface area contributed by atoms with Crippen LogP contribution in [0.25, 0.3) is 0 Å². The zero-order chi connectivity index (χ0) is 14.3. The van der Waals surface area contributed by atoms with Crippen molar-refractivity contribution in [2.24, 2.45) is 0 Å². The maximum atomic E-state index is 11.1. The van der Waals surface area contributed by atoms with E-state index < -0.39 is 4.92 Å². The van der Waals surface area contributed by atoms with Gasteiger partial charge in [0, 0.05) is 43.6 Å². The van der Waals surface area contributed by atoms with Gasteiger partial charge in [0.25, 0.3) is 5.69 Å². The molecule has 0 unspecified atom stereocenters. The summed E-state index contributed by atoms with van der Waals surface area (Å²) in [5, 5.41) is 10.7. The van der Waals surface area contributed by atoms with Gasteiger partial charge in [0.05, 0.1) is 11.5 Å². The van der Waals surface area contributed by atoms with Crippen LogP contribution in [0.5, 0.6) is 0 Å². The third-order valence-corrected chi connectivity index (χ3v) is 2.60. The van der Waals surface area contributed by atoms with Crippen molar-refractivity contribution in [3.63, 3.8) is 0 Å². The fraction of sp³-hybridized carbons (Fsp3) is 0.308. The highest BCUT2D eigenvalue weighted by atomic mass is 16.6. The molecule has 0 bridgehead atoms. The summed E-state index contributed by atoms with van der Waals surface area (Å²) in [6.45, 7) is 5.25. The zero-order valence-electron chi connectivity index (χ0n) is 10.7. The summed E-state index contributed by atoms with van der Waals surface area (Å²) >= 11 is 0. The van der Waals surface area contributed by atoms with E-state index in [1.807, 2.05) is 4.90 Å². The van der Waals surface area contributed by atoms with Crippen molar-refractivity contribution in [2.75, 3.05) is 31.7 Å². The number of methoxy groups -OCH3 is 1. The quantitative estimate of drug-likeness (QED) is 0.311. The van der Waals surface area contributed by atoms with Crippen LogP contribution in [0.4, 0.5) is 11.4 Å². The molecule has 0 amide bonds. The first kappa shape index (κ1) is 14.8. The van der Waals surface area contributed by atoms with E-state index in [0.29, 0.717) is 31.7 Å². The van der Waals surface area contributed by atoms with Crippen LogP contribution in [0, 0.1) is 10.1 Å². The van der Waals surface area contributed by atoms with Gasteiger partial charge >= 0.3 is 0 Å². The molecule has 6 nitrogen and oxygen atoms in total. The zero-order valence-corrected chi connectivity index (χ0v) is 10.7. The van der Waals surface area contributed by atoms with Gasteiger partial charge in [-0.15, -0.1) is 6.58 Å². The normalized spacial score (nSPS) is 9.95. The molecule has 19 heavy (non-hydrogen) atoms. The lowest BCUT2D eigenvalue weighted by molar-refractivity contribution is -0.384. The number of anilines is 1. The lowest BCUT2D eigenvalue weighted by atomic mass is 10.1. The minimum Gasteiger partial charge on any atom is -0.383 e. The molecule has 1 rings (SSSR count). The average Bonchev–Trinajstić information content (AvgIpc) is 2.42. The van der Waals surface area contributed by atoms with E-state index in [-0.39, 0.29) is 11.3 Å². The Labute approximate surface area is 111 Å². The largest absolute Gasteiger partial charge is 0.383 e. The number of nitrogens with zero attached hydrogens (tertiary/aromatic N) is 2. The fourth-order valence-electron chi connectivity index (χ4n) is 1.71. The minimum absolute atomic E-state index is 0.101. The number of ether oxygens (including phenoxy) is 1. The van der Waals surface area contributed by atoms with E-state index in [2.05, 4.69) is 6.58 Å². The van der Waals surface area contributed by atoms with Gasteiger partial charge in [0.15, 0.2) is 6.29 Å². The van der Waals surface area contributed by atoms with Crippen LogP contribution in [0.2, 0.25) is 0 Å². The molecule has 0 heterocycles. The molecule has 0 spiro atoms. The number of benzene rings is 1. The van der Waals surface area contributed by atoms with Gasteiger partial charge in [-0.1, -0.05) is 6.08 Å². The molecular formula is C13H16N2O4. The first-order valence-electron chi connectivity index (χ1n) is 5.72. The van der Waals surface area contributed by atoms with E-state index in [1.165, 1.54) is 12.1 Å². The monoisotopic (exact) mass is 264 g/mol. The molecular weight excluding hydrogens is 248 g/mol. The number of aldehydes is 1. The number of carbonyl (C=O) groups excluding carboxylic acids is 1. The van der Waals surface area contributed by atoms with Gasteiger partial charge in [-0.2, -0.15) is 0 Å². The molecule has 0 aromatic heterocycles. The van der Waals surface area contributed by atoms with Crippen molar-refractivity contribution >= 4 is 17.7 Å². The van der Waals surface area contributed by atoms with Gasteiger partial charge in [-0.05, 0) is 6.07 Å². The van der Waals surface area contributed by atoms with E-state index >= 15 is 0 Å². The number of hydrogen-bond donors (Lipinski definition) is 0. The lowest BCUT2D eigenvalue weighted by Gasteiger charge is -2.24. The number of rotatable bonds is 8. The number of hydrogen-bond acceptors (Lipinski definition) is 5. The van der Waals surface area contributed by atoms with Crippen LogP contribution in [-0.4, -0.2) is 38.0 Å². The molecule has 0 atom stereocenters. The van der Waals surface area contributed by atoms with Gasteiger partial charge in [-0.3, -0.25) is 14.9 Å². The summed E-state index contributed by atoms with van der Waals surface area (Å²) in [4.78, 5) is 23.1. The van der Waals surface area contributed by atoms with Gasteiger partial charge in [0.2, 0.25) is 0 Å². The summed E-state index contributed by atoms with van der Waals surface area (Å²) in [5.41, 5.74) is 0.820. The second kappa shape index (κ2) is 7.27. The number of non-ortho nitro benzene ring substituents is 1. The molecule has 1 aromatic carbocycles. The van der Waals surface area contributed by atoms with E-state index in [1.54, 1.807) is 19.3 Å². The Morgan fingerprint density at radius 3 is 2.79 bits per heavy atom. The van der Waals surface area contributed by atoms with Crippen molar-refractivity contribution in [1.29, 1.82) is 0 Å². The summed E-state index contributed by atoms with van der Waals surface area (Å²) in [7, 11) is 1.59. The molecule has 0 fully saturated rings. The Morgan fingerprint density at radius 2 is 2.26 bits per heavy atom. The molecule has 0 saturated heterocycles. The molecule has 1 aromatic rings. The highest BCUT2D eigenvalue weighted by Crippen LogP contribution is 2.24. The standard InChI is InChI=1S/C13H16N2O4/c1-3-6-14(7-8-19-2)13-5-4-12(15(17)18)9-11(13)10-16/h3-5,9-10H,1,6-8H2,2H3. The maximum Gasteiger partial charge on any atom is 0.270 e. The van der Waals surface area contributed by atoms with Crippen molar-refractivity contribution < 1.29 is 14.5 Å². The molecule has 0 N–H and O–H groups in total. The predicted molar refractivity (Wildman–Crippen MR) is 72.8 cm³/mol. The number of carbonyl (C=O) groups is 1. The number of nitro groups is 1. The topological polar surface area (TPSA) is 72.7 Å². The first-order valence-corrected chi connectivity index (χ1v) is 5.72. The van der Waals surface area contributed by atoms with Crippen molar-refractivity contribution in [3.05, 3.63) is 46.5 Å². The molecule has 0 aliphatic carbocycles. The molecule has 0 radical (unpaired) electrons. The second-order valence-electron chi connectivity index (χ2n) is 3.85. The molecule has 0 saturated carbocycles. The van der Waals surface area contributed by atoms with Crippen LogP contribution in [0.3, 0.4) is 0 Å². The van der Waals surface area contributed by atoms with E-state index in [9.17, 15) is 14.9 Å². The fourth-order valence-corrected chi connectivity index (χ4v) is 1.71. The third-order valence-electron chi connectivity index (χ3n) is 2.60. The maximum absolute atomic E-state index is 11.1. The van der Waals surface area contributed by atoms with Crippen molar-refractivity contribution in [3.8, 4) is 0 Å². The van der Waals surface area contributed by atoms with Crippen LogP contribution in [0.15, 0.2) is 30.9 Å². The Balaban J connectivity index is 3.10. The SMILES string of the molecule is C=CCN(CCOC)c1ccc([N+](=O)[O-])cc1C=O. The van der Waals surface area contributed by atoms with Crippen LogP contribution in [0.1, 0.15) is 10.4 Å². The van der Waals surface area contributed by atoms with Gasteiger partial charge in [0.1, 0.15) is 0 Å². The second-order valence-corrected chi connectivity index (χ2v) is 3.85. The van der Waals surface area contributed by atoms with Crippen molar-refractivity contribution in [2.45, 2.75) is 0 Å². The minimum atomic E-state index is -0.524. The summed E-state index contributed by atoms with van der Waals surface area (Å²) in [6.07, 6.45) is 2.32. The first-order chi connectivity index (χ1) is 9.13. The van der Waals surface area contributed by atoms with Crippen LogP contribution >= 0.6 is 0 Å². The number of nitro benzene ring substituents is 1. The molecule has 0 aliphatic rings. The van der Waals surface area contributed by atoms with Crippen LogP contribution in [-0.2, 0) is 4.74 Å². The summed E-state index contributed by atoms with van der Waals surface area (Å²) < 4.78 is 5.00. The lowest BCUT2D eigenvalue weighted by Crippen LogP contribution is -2.28. The summed E-state index contributed by atoms with van der Waals surface area (Å²) in [6, 6.07) is 4.22. The van der Waals surface area contributed by atoms with E-state index in [0.717, 1.165) is 0 Å². The van der Waals surface area contributed by atoms with Gasteiger partial charge in [-0.25, -0.2) is 0 Å².